The molecule has 3 aromatic rings. The van der Waals surface area contributed by atoms with Crippen molar-refractivity contribution < 1.29 is 0 Å². The van der Waals surface area contributed by atoms with E-state index in [4.69, 9.17) is 11.6 Å². The highest BCUT2D eigenvalue weighted by molar-refractivity contribution is 6.30. The van der Waals surface area contributed by atoms with E-state index in [1.54, 1.807) is 0 Å². The number of hydrogen-bond acceptors (Lipinski definition) is 2. The van der Waals surface area contributed by atoms with Gasteiger partial charge in [-0.1, -0.05) is 11.6 Å². The van der Waals surface area contributed by atoms with Crippen LogP contribution in [0.25, 0.3) is 16.7 Å². The molecule has 0 spiro atoms. The first-order valence-corrected chi connectivity index (χ1v) is 9.04. The maximum atomic E-state index is 6.03. The van der Waals surface area contributed by atoms with Crippen LogP contribution in [-0.2, 0) is 6.42 Å². The second kappa shape index (κ2) is 6.58. The van der Waals surface area contributed by atoms with Gasteiger partial charge in [0.1, 0.15) is 0 Å². The smallest absolute Gasteiger partial charge is 0.0887 e. The molecule has 3 nitrogen and oxygen atoms in total. The average molecular weight is 340 g/mol. The van der Waals surface area contributed by atoms with Crippen LogP contribution >= 0.6 is 11.6 Å². The molecule has 1 saturated heterocycles. The van der Waals surface area contributed by atoms with Crippen LogP contribution in [0.2, 0.25) is 5.02 Å². The van der Waals surface area contributed by atoms with Gasteiger partial charge in [-0.15, -0.1) is 0 Å². The molecule has 124 valence electrons. The fourth-order valence-corrected chi connectivity index (χ4v) is 3.74. The summed E-state index contributed by atoms with van der Waals surface area (Å²) in [5, 5.41) is 0.761. The Morgan fingerprint density at radius 1 is 1.08 bits per heavy atom. The first-order chi connectivity index (χ1) is 11.7. The minimum Gasteiger partial charge on any atom is -0.312 e. The van der Waals surface area contributed by atoms with Crippen molar-refractivity contribution in [1.29, 1.82) is 0 Å². The Hall–Kier alpha value is -1.84. The van der Waals surface area contributed by atoms with Crippen molar-refractivity contribution in [3.63, 3.8) is 0 Å². The van der Waals surface area contributed by atoms with Crippen molar-refractivity contribution in [2.75, 3.05) is 19.6 Å². The Balaban J connectivity index is 1.67. The summed E-state index contributed by atoms with van der Waals surface area (Å²) in [6, 6.07) is 12.4. The highest BCUT2D eigenvalue weighted by Gasteiger charge is 2.13. The third-order valence-electron chi connectivity index (χ3n) is 4.89. The topological polar surface area (TPSA) is 21.1 Å². The number of likely N-dealkylation sites (tertiary alicyclic amines) is 1. The van der Waals surface area contributed by atoms with Gasteiger partial charge in [-0.3, -0.25) is 4.98 Å². The molecule has 0 radical (unpaired) electrons. The van der Waals surface area contributed by atoms with E-state index in [0.717, 1.165) is 29.2 Å². The molecule has 1 aliphatic rings. The molecule has 0 unspecified atom stereocenters. The van der Waals surface area contributed by atoms with Crippen LogP contribution < -0.4 is 0 Å². The fourth-order valence-electron chi connectivity index (χ4n) is 3.61. The Morgan fingerprint density at radius 3 is 2.58 bits per heavy atom. The van der Waals surface area contributed by atoms with Gasteiger partial charge in [-0.25, -0.2) is 0 Å². The zero-order valence-corrected chi connectivity index (χ0v) is 14.8. The van der Waals surface area contributed by atoms with Gasteiger partial charge in [0.25, 0.3) is 0 Å². The van der Waals surface area contributed by atoms with Gasteiger partial charge < -0.3 is 9.47 Å². The molecule has 1 aromatic carbocycles. The zero-order chi connectivity index (χ0) is 16.5. The summed E-state index contributed by atoms with van der Waals surface area (Å²) in [5.74, 6) is 0. The molecule has 0 bridgehead atoms. The molecule has 4 rings (SSSR count). The molecule has 0 aliphatic carbocycles. The first-order valence-electron chi connectivity index (χ1n) is 8.66. The lowest BCUT2D eigenvalue weighted by Crippen LogP contribution is -2.21. The maximum Gasteiger partial charge on any atom is 0.0887 e. The molecule has 24 heavy (non-hydrogen) atoms. The number of nitrogens with zero attached hydrogens (tertiary/aromatic N) is 3. The van der Waals surface area contributed by atoms with E-state index in [-0.39, 0.29) is 0 Å². The normalized spacial score (nSPS) is 15.4. The van der Waals surface area contributed by atoms with Crippen molar-refractivity contribution in [3.8, 4) is 5.69 Å². The number of fused-ring (bicyclic) bond motifs is 1. The lowest BCUT2D eigenvalue weighted by Gasteiger charge is -2.14. The first kappa shape index (κ1) is 15.7. The van der Waals surface area contributed by atoms with E-state index < -0.39 is 0 Å². The van der Waals surface area contributed by atoms with Gasteiger partial charge in [-0.05, 0) is 81.2 Å². The minimum atomic E-state index is 0.761. The van der Waals surface area contributed by atoms with E-state index >= 15 is 0 Å². The average Bonchev–Trinajstić information content (AvgIpc) is 3.20. The van der Waals surface area contributed by atoms with Crippen molar-refractivity contribution in [1.82, 2.24) is 14.5 Å². The predicted octanol–water partition coefficient (Wildman–Crippen LogP) is 4.63. The third kappa shape index (κ3) is 3.06. The molecule has 4 heteroatoms. The molecule has 1 fully saturated rings. The summed E-state index contributed by atoms with van der Waals surface area (Å²) in [4.78, 5) is 7.23. The molecular formula is C20H22ClN3. The van der Waals surface area contributed by atoms with Crippen molar-refractivity contribution >= 4 is 22.6 Å². The molecule has 0 atom stereocenters. The van der Waals surface area contributed by atoms with E-state index in [0.29, 0.717) is 0 Å². The Labute approximate surface area is 147 Å². The summed E-state index contributed by atoms with van der Waals surface area (Å²) < 4.78 is 2.26. The van der Waals surface area contributed by atoms with Crippen molar-refractivity contribution in [2.45, 2.75) is 26.2 Å². The van der Waals surface area contributed by atoms with Crippen LogP contribution in [-0.4, -0.2) is 34.1 Å². The fraction of sp³-hybridized carbons (Fsp3) is 0.350. The van der Waals surface area contributed by atoms with Crippen molar-refractivity contribution in [3.05, 3.63) is 58.9 Å². The lowest BCUT2D eigenvalue weighted by atomic mass is 10.2. The Morgan fingerprint density at radius 2 is 1.83 bits per heavy atom. The highest BCUT2D eigenvalue weighted by Crippen LogP contribution is 2.25. The molecule has 0 saturated carbocycles. The van der Waals surface area contributed by atoms with Gasteiger partial charge in [0.05, 0.1) is 11.0 Å². The van der Waals surface area contributed by atoms with Crippen LogP contribution in [0.1, 0.15) is 24.1 Å². The molecule has 0 N–H and O–H groups in total. The van der Waals surface area contributed by atoms with E-state index in [1.165, 1.54) is 42.7 Å². The third-order valence-corrected chi connectivity index (χ3v) is 5.15. The van der Waals surface area contributed by atoms with Crippen LogP contribution in [0.15, 0.2) is 42.6 Å². The van der Waals surface area contributed by atoms with Gasteiger partial charge >= 0.3 is 0 Å². The largest absolute Gasteiger partial charge is 0.312 e. The SMILES string of the molecule is Cc1cc2ncc(CCN3CCCC3)cc2n1-c1ccc(Cl)cc1. The summed E-state index contributed by atoms with van der Waals surface area (Å²) >= 11 is 6.03. The Kier molecular flexibility index (Phi) is 4.30. The van der Waals surface area contributed by atoms with Gasteiger partial charge in [0.2, 0.25) is 0 Å². The molecule has 1 aliphatic heterocycles. The summed E-state index contributed by atoms with van der Waals surface area (Å²) in [7, 11) is 0. The van der Waals surface area contributed by atoms with Gasteiger partial charge in [-0.2, -0.15) is 0 Å². The van der Waals surface area contributed by atoms with E-state index in [1.807, 2.05) is 18.3 Å². The summed E-state index contributed by atoms with van der Waals surface area (Å²) in [6.07, 6.45) is 5.78. The van der Waals surface area contributed by atoms with Crippen molar-refractivity contribution in [2.24, 2.45) is 0 Å². The number of aromatic nitrogens is 2. The summed E-state index contributed by atoms with van der Waals surface area (Å²) in [6.45, 7) is 5.75. The minimum absolute atomic E-state index is 0.761. The molecule has 0 amide bonds. The standard InChI is InChI=1S/C20H22ClN3/c1-15-12-19-20(24(15)18-6-4-17(21)5-7-18)13-16(14-22-19)8-11-23-9-2-3-10-23/h4-7,12-14H,2-3,8-11H2,1H3. The quantitative estimate of drug-likeness (QED) is 0.691. The number of benzene rings is 1. The molecular weight excluding hydrogens is 318 g/mol. The van der Waals surface area contributed by atoms with E-state index in [2.05, 4.69) is 45.6 Å². The number of rotatable bonds is 4. The maximum absolute atomic E-state index is 6.03. The Bertz CT molecular complexity index is 845. The monoisotopic (exact) mass is 339 g/mol. The number of hydrogen-bond donors (Lipinski definition) is 0. The van der Waals surface area contributed by atoms with Crippen LogP contribution in [0.5, 0.6) is 0 Å². The van der Waals surface area contributed by atoms with Crippen LogP contribution in [0.4, 0.5) is 0 Å². The second-order valence-corrected chi connectivity index (χ2v) is 7.08. The number of aryl methyl sites for hydroxylation is 1. The van der Waals surface area contributed by atoms with Gasteiger partial charge in [0, 0.05) is 29.1 Å². The number of halogens is 1. The van der Waals surface area contributed by atoms with E-state index in [9.17, 15) is 0 Å². The van der Waals surface area contributed by atoms with Crippen LogP contribution in [0, 0.1) is 6.92 Å². The predicted molar refractivity (Wildman–Crippen MR) is 100 cm³/mol. The van der Waals surface area contributed by atoms with Crippen LogP contribution in [0.3, 0.4) is 0 Å². The lowest BCUT2D eigenvalue weighted by molar-refractivity contribution is 0.343. The zero-order valence-electron chi connectivity index (χ0n) is 14.0. The highest BCUT2D eigenvalue weighted by atomic mass is 35.5. The number of pyridine rings is 1. The van der Waals surface area contributed by atoms with Gasteiger partial charge in [0.15, 0.2) is 0 Å². The molecule has 3 heterocycles. The summed E-state index contributed by atoms with van der Waals surface area (Å²) in [5.41, 5.74) is 5.85. The molecule has 2 aromatic heterocycles. The second-order valence-electron chi connectivity index (χ2n) is 6.64.